The number of hydrogen-bond acceptors (Lipinski definition) is 4. The molecule has 0 fully saturated rings. The monoisotopic (exact) mass is 448 g/mol. The van der Waals surface area contributed by atoms with Crippen molar-refractivity contribution < 1.29 is 14.3 Å². The average Bonchev–Trinajstić information content (AvgIpc) is 2.75. The summed E-state index contributed by atoms with van der Waals surface area (Å²) in [6, 6.07) is 14.7. The van der Waals surface area contributed by atoms with E-state index in [1.165, 1.54) is 11.8 Å². The molecule has 5 nitrogen and oxygen atoms in total. The minimum absolute atomic E-state index is 0.0759. The zero-order valence-corrected chi connectivity index (χ0v) is 19.3. The lowest BCUT2D eigenvalue weighted by Gasteiger charge is -2.30. The van der Waals surface area contributed by atoms with Crippen LogP contribution in [0.15, 0.2) is 48.5 Å². The first-order valence-electron chi connectivity index (χ1n) is 10.0. The van der Waals surface area contributed by atoms with E-state index in [1.54, 1.807) is 12.0 Å². The molecule has 30 heavy (non-hydrogen) atoms. The first kappa shape index (κ1) is 24.1. The number of rotatable bonds is 11. The highest BCUT2D eigenvalue weighted by atomic mass is 35.5. The molecule has 0 aliphatic rings. The van der Waals surface area contributed by atoms with Gasteiger partial charge in [0.05, 0.1) is 12.9 Å². The van der Waals surface area contributed by atoms with E-state index in [9.17, 15) is 9.59 Å². The van der Waals surface area contributed by atoms with E-state index < -0.39 is 6.04 Å². The highest BCUT2D eigenvalue weighted by molar-refractivity contribution is 7.99. The van der Waals surface area contributed by atoms with Crippen molar-refractivity contribution in [1.29, 1.82) is 0 Å². The molecule has 2 rings (SSSR count). The third kappa shape index (κ3) is 6.96. The molecule has 0 aliphatic carbocycles. The normalized spacial score (nSPS) is 11.6. The van der Waals surface area contributed by atoms with Crippen LogP contribution >= 0.6 is 23.4 Å². The van der Waals surface area contributed by atoms with E-state index in [2.05, 4.69) is 5.32 Å². The molecule has 7 heteroatoms. The lowest BCUT2D eigenvalue weighted by atomic mass is 10.1. The Labute approximate surface area is 188 Å². The molecule has 0 unspecified atom stereocenters. The summed E-state index contributed by atoms with van der Waals surface area (Å²) < 4.78 is 5.30. The molecule has 2 amide bonds. The van der Waals surface area contributed by atoms with Gasteiger partial charge in [0.25, 0.3) is 0 Å². The molecular formula is C23H29ClN2O3S. The number of thioether (sulfide) groups is 1. The van der Waals surface area contributed by atoms with Gasteiger partial charge in [-0.3, -0.25) is 9.59 Å². The van der Waals surface area contributed by atoms with Crippen LogP contribution in [-0.4, -0.2) is 42.2 Å². The number of carbonyl (C=O) groups excluding carboxylic acids is 2. The highest BCUT2D eigenvalue weighted by Crippen LogP contribution is 2.22. The number of methoxy groups -OCH3 is 1. The lowest BCUT2D eigenvalue weighted by molar-refractivity contribution is -0.139. The fraction of sp³-hybridized carbons (Fsp3) is 0.391. The van der Waals surface area contributed by atoms with Crippen LogP contribution in [0.5, 0.6) is 5.75 Å². The Morgan fingerprint density at radius 2 is 1.93 bits per heavy atom. The van der Waals surface area contributed by atoms with Crippen LogP contribution in [-0.2, 0) is 21.9 Å². The number of carbonyl (C=O) groups is 2. The van der Waals surface area contributed by atoms with Crippen molar-refractivity contribution in [3.63, 3.8) is 0 Å². The Kier molecular flexibility index (Phi) is 10.0. The number of nitrogens with zero attached hydrogens (tertiary/aromatic N) is 1. The SMILES string of the molecule is CCNC(=O)[C@@H](CC)N(Cc1cccc(OC)c1)C(=O)CSCc1ccccc1Cl. The van der Waals surface area contributed by atoms with Crippen molar-refractivity contribution in [3.05, 3.63) is 64.7 Å². The van der Waals surface area contributed by atoms with Gasteiger partial charge in [-0.05, 0) is 42.7 Å². The number of hydrogen-bond donors (Lipinski definition) is 1. The lowest BCUT2D eigenvalue weighted by Crippen LogP contribution is -2.49. The van der Waals surface area contributed by atoms with E-state index >= 15 is 0 Å². The maximum atomic E-state index is 13.1. The maximum absolute atomic E-state index is 13.1. The van der Waals surface area contributed by atoms with Gasteiger partial charge in [-0.25, -0.2) is 0 Å². The molecule has 0 aliphatic heterocycles. The summed E-state index contributed by atoms with van der Waals surface area (Å²) in [5.74, 6) is 1.42. The van der Waals surface area contributed by atoms with Gasteiger partial charge in [0.1, 0.15) is 11.8 Å². The fourth-order valence-electron chi connectivity index (χ4n) is 3.13. The van der Waals surface area contributed by atoms with Gasteiger partial charge in [-0.15, -0.1) is 11.8 Å². The fourth-order valence-corrected chi connectivity index (χ4v) is 4.32. The summed E-state index contributed by atoms with van der Waals surface area (Å²) >= 11 is 7.71. The Morgan fingerprint density at radius 3 is 2.60 bits per heavy atom. The number of halogens is 1. The Morgan fingerprint density at radius 1 is 1.17 bits per heavy atom. The van der Waals surface area contributed by atoms with Crippen molar-refractivity contribution in [3.8, 4) is 5.75 Å². The van der Waals surface area contributed by atoms with Crippen molar-refractivity contribution in [1.82, 2.24) is 10.2 Å². The van der Waals surface area contributed by atoms with Crippen molar-refractivity contribution in [2.75, 3.05) is 19.4 Å². The summed E-state index contributed by atoms with van der Waals surface area (Å²) in [6.07, 6.45) is 0.538. The zero-order valence-electron chi connectivity index (χ0n) is 17.7. The summed E-state index contributed by atoms with van der Waals surface area (Å²) in [5.41, 5.74) is 1.91. The second-order valence-corrected chi connectivity index (χ2v) is 8.17. The number of benzene rings is 2. The summed E-state index contributed by atoms with van der Waals surface area (Å²) in [6.45, 7) is 4.66. The third-order valence-corrected chi connectivity index (χ3v) is 6.00. The molecular weight excluding hydrogens is 420 g/mol. The number of nitrogens with one attached hydrogen (secondary N) is 1. The van der Waals surface area contributed by atoms with Gasteiger partial charge in [0, 0.05) is 23.9 Å². The molecule has 0 aromatic heterocycles. The van der Waals surface area contributed by atoms with E-state index in [1.807, 2.05) is 62.4 Å². The highest BCUT2D eigenvalue weighted by Gasteiger charge is 2.28. The molecule has 1 N–H and O–H groups in total. The second kappa shape index (κ2) is 12.5. The van der Waals surface area contributed by atoms with Crippen LogP contribution in [0, 0.1) is 0 Å². The van der Waals surface area contributed by atoms with Crippen LogP contribution < -0.4 is 10.1 Å². The van der Waals surface area contributed by atoms with E-state index in [-0.39, 0.29) is 17.6 Å². The van der Waals surface area contributed by atoms with Gasteiger partial charge >= 0.3 is 0 Å². The van der Waals surface area contributed by atoms with E-state index in [0.717, 1.165) is 16.9 Å². The Hall–Kier alpha value is -2.18. The summed E-state index contributed by atoms with van der Waals surface area (Å²) in [5, 5.41) is 3.54. The van der Waals surface area contributed by atoms with Crippen LogP contribution in [0.1, 0.15) is 31.4 Å². The third-order valence-electron chi connectivity index (χ3n) is 4.66. The zero-order chi connectivity index (χ0) is 21.9. The Bertz CT molecular complexity index is 847. The molecule has 0 heterocycles. The average molecular weight is 449 g/mol. The molecule has 2 aromatic carbocycles. The summed E-state index contributed by atoms with van der Waals surface area (Å²) in [7, 11) is 1.61. The minimum Gasteiger partial charge on any atom is -0.497 e. The summed E-state index contributed by atoms with van der Waals surface area (Å²) in [4.78, 5) is 27.4. The molecule has 0 saturated carbocycles. The predicted octanol–water partition coefficient (Wildman–Crippen LogP) is 4.53. The smallest absolute Gasteiger partial charge is 0.242 e. The number of likely N-dealkylation sites (N-methyl/N-ethyl adjacent to an activating group) is 1. The van der Waals surface area contributed by atoms with Gasteiger partial charge in [0.15, 0.2) is 0 Å². The van der Waals surface area contributed by atoms with Crippen molar-refractivity contribution >= 4 is 35.2 Å². The Balaban J connectivity index is 2.14. The van der Waals surface area contributed by atoms with Crippen molar-refractivity contribution in [2.45, 2.75) is 38.6 Å². The van der Waals surface area contributed by atoms with Crippen LogP contribution in [0.3, 0.4) is 0 Å². The van der Waals surface area contributed by atoms with Gasteiger partial charge in [0.2, 0.25) is 11.8 Å². The molecule has 162 valence electrons. The van der Waals surface area contributed by atoms with Gasteiger partial charge in [-0.1, -0.05) is 48.9 Å². The van der Waals surface area contributed by atoms with Crippen LogP contribution in [0.4, 0.5) is 0 Å². The maximum Gasteiger partial charge on any atom is 0.242 e. The van der Waals surface area contributed by atoms with Crippen LogP contribution in [0.2, 0.25) is 5.02 Å². The first-order chi connectivity index (χ1) is 14.5. The predicted molar refractivity (Wildman–Crippen MR) is 124 cm³/mol. The van der Waals surface area contributed by atoms with Gasteiger partial charge in [-0.2, -0.15) is 0 Å². The van der Waals surface area contributed by atoms with Gasteiger partial charge < -0.3 is 15.0 Å². The topological polar surface area (TPSA) is 58.6 Å². The molecule has 0 bridgehead atoms. The molecule has 1 atom stereocenters. The second-order valence-electron chi connectivity index (χ2n) is 6.78. The van der Waals surface area contributed by atoms with Crippen LogP contribution in [0.25, 0.3) is 0 Å². The quantitative estimate of drug-likeness (QED) is 0.548. The number of ether oxygens (including phenoxy) is 1. The largest absolute Gasteiger partial charge is 0.497 e. The minimum atomic E-state index is -0.524. The van der Waals surface area contributed by atoms with Crippen molar-refractivity contribution in [2.24, 2.45) is 0 Å². The number of amides is 2. The molecule has 0 spiro atoms. The molecule has 0 saturated heterocycles. The van der Waals surface area contributed by atoms with E-state index in [0.29, 0.717) is 30.3 Å². The molecule has 0 radical (unpaired) electrons. The van der Waals surface area contributed by atoms with E-state index in [4.69, 9.17) is 16.3 Å². The first-order valence-corrected chi connectivity index (χ1v) is 11.5. The molecule has 2 aromatic rings. The standard InChI is InChI=1S/C23H29ClN2O3S/c1-4-21(23(28)25-5-2)26(14-17-9-8-11-19(13-17)29-3)22(27)16-30-15-18-10-6-7-12-20(18)24/h6-13,21H,4-5,14-16H2,1-3H3,(H,25,28)/t21-/m1/s1.